The number of anilines is 1. The number of aromatic nitrogens is 5. The lowest BCUT2D eigenvalue weighted by molar-refractivity contribution is 0.0609. The first kappa shape index (κ1) is 20.3. The zero-order valence-corrected chi connectivity index (χ0v) is 18.1. The Morgan fingerprint density at radius 1 is 1.25 bits per heavy atom. The van der Waals surface area contributed by atoms with Crippen LogP contribution in [-0.4, -0.2) is 42.9 Å². The van der Waals surface area contributed by atoms with Gasteiger partial charge in [0, 0.05) is 19.2 Å². The Labute approximate surface area is 182 Å². The molecule has 0 saturated heterocycles. The highest BCUT2D eigenvalue weighted by atomic mass is 19.3. The highest BCUT2D eigenvalue weighted by molar-refractivity contribution is 6.14. The fraction of sp³-hybridized carbons (Fsp3) is 0.364. The number of halogens is 2. The van der Waals surface area contributed by atoms with E-state index in [9.17, 15) is 13.6 Å². The monoisotopic (exact) mass is 440 g/mol. The average Bonchev–Trinajstić information content (AvgIpc) is 3.46. The molecule has 166 valence electrons. The summed E-state index contributed by atoms with van der Waals surface area (Å²) in [4.78, 5) is 20.2. The highest BCUT2D eigenvalue weighted by Gasteiger charge is 2.40. The molecule has 1 aliphatic heterocycles. The SMILES string of the molecule is Cc1cc2n(n1)C(C(F)F)CC(C)N2C(=O)c1cc(-c2ccco2)nc2c1c(C)nn2C. The minimum atomic E-state index is -2.58. The lowest BCUT2D eigenvalue weighted by Gasteiger charge is -2.38. The molecule has 0 radical (unpaired) electrons. The molecule has 0 spiro atoms. The van der Waals surface area contributed by atoms with Crippen LogP contribution >= 0.6 is 0 Å². The summed E-state index contributed by atoms with van der Waals surface area (Å²) in [7, 11) is 1.76. The van der Waals surface area contributed by atoms with E-state index in [0.717, 1.165) is 0 Å². The van der Waals surface area contributed by atoms with Crippen molar-refractivity contribution >= 4 is 22.8 Å². The number of furan rings is 1. The molecular formula is C22H22F2N6O2. The average molecular weight is 440 g/mol. The Bertz CT molecular complexity index is 1320. The maximum Gasteiger partial charge on any atom is 0.260 e. The number of fused-ring (bicyclic) bond motifs is 2. The summed E-state index contributed by atoms with van der Waals surface area (Å²) in [5, 5.41) is 9.32. The Kier molecular flexibility index (Phi) is 4.61. The van der Waals surface area contributed by atoms with Gasteiger partial charge in [-0.2, -0.15) is 10.2 Å². The molecule has 2 unspecified atom stereocenters. The minimum Gasteiger partial charge on any atom is -0.463 e. The van der Waals surface area contributed by atoms with E-state index in [-0.39, 0.29) is 12.3 Å². The van der Waals surface area contributed by atoms with Crippen molar-refractivity contribution in [2.45, 2.75) is 45.7 Å². The third-order valence-electron chi connectivity index (χ3n) is 5.90. The van der Waals surface area contributed by atoms with Gasteiger partial charge in [0.1, 0.15) is 17.6 Å². The van der Waals surface area contributed by atoms with Gasteiger partial charge in [-0.05, 0) is 45.4 Å². The molecule has 1 aliphatic rings. The Balaban J connectivity index is 1.70. The van der Waals surface area contributed by atoms with Gasteiger partial charge in [0.05, 0.1) is 28.6 Å². The van der Waals surface area contributed by atoms with E-state index in [2.05, 4.69) is 15.2 Å². The second-order valence-electron chi connectivity index (χ2n) is 8.19. The number of carbonyl (C=O) groups excluding carboxylic acids is 1. The highest BCUT2D eigenvalue weighted by Crippen LogP contribution is 2.38. The number of aryl methyl sites for hydroxylation is 3. The molecule has 0 fully saturated rings. The van der Waals surface area contributed by atoms with Gasteiger partial charge in [-0.3, -0.25) is 14.4 Å². The zero-order chi connectivity index (χ0) is 22.7. The van der Waals surface area contributed by atoms with E-state index < -0.39 is 18.5 Å². The molecule has 0 bridgehead atoms. The standard InChI is InChI=1S/C22H22F2N6O2/c1-11-8-18-29(12(2)9-16(20(23)24)30(18)26-11)22(31)14-10-15(17-6-5-7-32-17)25-21-19(14)13(3)27-28(21)4/h5-8,10,12,16,20H,9H2,1-4H3. The summed E-state index contributed by atoms with van der Waals surface area (Å²) < 4.78 is 35.8. The second-order valence-corrected chi connectivity index (χ2v) is 8.19. The summed E-state index contributed by atoms with van der Waals surface area (Å²) in [5.74, 6) is 0.565. The van der Waals surface area contributed by atoms with Crippen LogP contribution in [0.2, 0.25) is 0 Å². The molecule has 0 aromatic carbocycles. The largest absolute Gasteiger partial charge is 0.463 e. The molecule has 4 aromatic rings. The molecule has 5 rings (SSSR count). The van der Waals surface area contributed by atoms with E-state index in [4.69, 9.17) is 4.42 Å². The Morgan fingerprint density at radius 2 is 2.03 bits per heavy atom. The van der Waals surface area contributed by atoms with Gasteiger partial charge in [-0.15, -0.1) is 0 Å². The van der Waals surface area contributed by atoms with Crippen LogP contribution in [0.4, 0.5) is 14.6 Å². The number of rotatable bonds is 3. The maximum absolute atomic E-state index is 14.0. The first-order chi connectivity index (χ1) is 15.3. The van der Waals surface area contributed by atoms with Crippen LogP contribution in [0.5, 0.6) is 0 Å². The summed E-state index contributed by atoms with van der Waals surface area (Å²) in [5.41, 5.74) is 2.66. The van der Waals surface area contributed by atoms with Gasteiger partial charge < -0.3 is 4.42 Å². The topological polar surface area (TPSA) is 82.0 Å². The van der Waals surface area contributed by atoms with Gasteiger partial charge in [0.25, 0.3) is 12.3 Å². The molecule has 0 saturated carbocycles. The van der Waals surface area contributed by atoms with E-state index in [1.165, 1.54) is 10.9 Å². The first-order valence-corrected chi connectivity index (χ1v) is 10.3. The van der Waals surface area contributed by atoms with E-state index in [1.54, 1.807) is 54.7 Å². The summed E-state index contributed by atoms with van der Waals surface area (Å²) in [6.45, 7) is 5.32. The number of alkyl halides is 2. The van der Waals surface area contributed by atoms with E-state index in [0.29, 0.717) is 45.3 Å². The number of hydrogen-bond donors (Lipinski definition) is 0. The van der Waals surface area contributed by atoms with Crippen molar-refractivity contribution in [2.24, 2.45) is 7.05 Å². The Morgan fingerprint density at radius 3 is 2.72 bits per heavy atom. The number of nitrogens with zero attached hydrogens (tertiary/aromatic N) is 6. The van der Waals surface area contributed by atoms with Crippen molar-refractivity contribution in [3.8, 4) is 11.5 Å². The summed E-state index contributed by atoms with van der Waals surface area (Å²) in [6, 6.07) is 5.34. The van der Waals surface area contributed by atoms with Crippen molar-refractivity contribution < 1.29 is 18.0 Å². The summed E-state index contributed by atoms with van der Waals surface area (Å²) >= 11 is 0. The van der Waals surface area contributed by atoms with Crippen molar-refractivity contribution in [3.05, 3.63) is 47.5 Å². The first-order valence-electron chi connectivity index (χ1n) is 10.3. The Hall–Kier alpha value is -3.56. The molecule has 2 atom stereocenters. The van der Waals surface area contributed by atoms with Gasteiger partial charge >= 0.3 is 0 Å². The third-order valence-corrected chi connectivity index (χ3v) is 5.90. The minimum absolute atomic E-state index is 0.100. The normalized spacial score (nSPS) is 18.5. The smallest absolute Gasteiger partial charge is 0.260 e. The zero-order valence-electron chi connectivity index (χ0n) is 18.1. The van der Waals surface area contributed by atoms with Gasteiger partial charge in [-0.1, -0.05) is 0 Å². The van der Waals surface area contributed by atoms with Crippen LogP contribution in [0, 0.1) is 13.8 Å². The third kappa shape index (κ3) is 3.01. The fourth-order valence-electron chi connectivity index (χ4n) is 4.52. The van der Waals surface area contributed by atoms with Crippen LogP contribution in [0.1, 0.15) is 41.1 Å². The van der Waals surface area contributed by atoms with Gasteiger partial charge in [-0.25, -0.2) is 18.4 Å². The number of hydrogen-bond acceptors (Lipinski definition) is 5. The number of pyridine rings is 1. The lowest BCUT2D eigenvalue weighted by Crippen LogP contribution is -2.46. The fourth-order valence-corrected chi connectivity index (χ4v) is 4.52. The quantitative estimate of drug-likeness (QED) is 0.475. The van der Waals surface area contributed by atoms with Gasteiger partial charge in [0.2, 0.25) is 0 Å². The van der Waals surface area contributed by atoms with Crippen LogP contribution in [0.25, 0.3) is 22.5 Å². The van der Waals surface area contributed by atoms with Crippen molar-refractivity contribution in [1.29, 1.82) is 0 Å². The predicted molar refractivity (Wildman–Crippen MR) is 114 cm³/mol. The molecule has 0 aliphatic carbocycles. The molecule has 32 heavy (non-hydrogen) atoms. The predicted octanol–water partition coefficient (Wildman–Crippen LogP) is 4.29. The van der Waals surface area contributed by atoms with E-state index >= 15 is 0 Å². The van der Waals surface area contributed by atoms with Crippen LogP contribution in [0.3, 0.4) is 0 Å². The van der Waals surface area contributed by atoms with Crippen LogP contribution in [0.15, 0.2) is 34.9 Å². The molecule has 8 nitrogen and oxygen atoms in total. The number of carbonyl (C=O) groups is 1. The maximum atomic E-state index is 14.0. The van der Waals surface area contributed by atoms with Crippen molar-refractivity contribution in [1.82, 2.24) is 24.5 Å². The molecule has 1 amide bonds. The molecule has 5 heterocycles. The van der Waals surface area contributed by atoms with Crippen molar-refractivity contribution in [2.75, 3.05) is 4.90 Å². The molecule has 10 heteroatoms. The number of amides is 1. The molecule has 0 N–H and O–H groups in total. The van der Waals surface area contributed by atoms with Gasteiger partial charge in [0.15, 0.2) is 11.4 Å². The summed E-state index contributed by atoms with van der Waals surface area (Å²) in [6.07, 6.45) is -0.940. The molecule has 4 aromatic heterocycles. The lowest BCUT2D eigenvalue weighted by atomic mass is 10.0. The van der Waals surface area contributed by atoms with Crippen LogP contribution < -0.4 is 4.90 Å². The second kappa shape index (κ2) is 7.25. The molecular weight excluding hydrogens is 418 g/mol. The van der Waals surface area contributed by atoms with Crippen LogP contribution in [-0.2, 0) is 7.05 Å². The van der Waals surface area contributed by atoms with Crippen molar-refractivity contribution in [3.63, 3.8) is 0 Å². The van der Waals surface area contributed by atoms with E-state index in [1.807, 2.05) is 6.92 Å².